The average Bonchev–Trinajstić information content (AvgIpc) is 2.44. The van der Waals surface area contributed by atoms with E-state index in [2.05, 4.69) is 4.79 Å². The van der Waals surface area contributed by atoms with Crippen LogP contribution in [0, 0.1) is 5.82 Å². The van der Waals surface area contributed by atoms with E-state index >= 15 is 0 Å². The van der Waals surface area contributed by atoms with Crippen LogP contribution >= 0.6 is 0 Å². The third-order valence-electron chi connectivity index (χ3n) is 2.97. The SMILES string of the molecule is CCCCCCS(=O)(=O)C(=[N+]=[N-])S(=O)(=O)c1ccc(F)cc1. The Bertz CT molecular complexity index is 765. The van der Waals surface area contributed by atoms with Gasteiger partial charge >= 0.3 is 4.38 Å². The standard InChI is InChI=1S/C13H17FN2O4S2/c1-2-3-4-5-10-21(17,18)13(16-15)22(19,20)12-8-6-11(14)7-9-12/h6-9H,2-5,10H2,1H3. The van der Waals surface area contributed by atoms with Crippen molar-refractivity contribution < 1.29 is 26.0 Å². The van der Waals surface area contributed by atoms with Gasteiger partial charge in [0.15, 0.2) is 0 Å². The quantitative estimate of drug-likeness (QED) is 0.196. The minimum absolute atomic E-state index is 0.272. The minimum atomic E-state index is -4.52. The Hall–Kier alpha value is -1.57. The molecule has 0 aliphatic rings. The number of rotatable bonds is 6. The van der Waals surface area contributed by atoms with Gasteiger partial charge in [-0.15, -0.1) is 4.79 Å². The van der Waals surface area contributed by atoms with Gasteiger partial charge in [-0.2, -0.15) is 0 Å². The van der Waals surface area contributed by atoms with Crippen molar-refractivity contribution in [2.45, 2.75) is 37.5 Å². The van der Waals surface area contributed by atoms with Gasteiger partial charge in [-0.05, 0) is 30.7 Å². The van der Waals surface area contributed by atoms with Crippen LogP contribution in [0.5, 0.6) is 0 Å². The van der Waals surface area contributed by atoms with Crippen molar-refractivity contribution in [3.05, 3.63) is 35.6 Å². The number of hydrogen-bond acceptors (Lipinski definition) is 4. The summed E-state index contributed by atoms with van der Waals surface area (Å²) >= 11 is 0. The Morgan fingerprint density at radius 2 is 1.68 bits per heavy atom. The molecule has 0 aromatic heterocycles. The maximum Gasteiger partial charge on any atom is 0.499 e. The Morgan fingerprint density at radius 3 is 2.18 bits per heavy atom. The van der Waals surface area contributed by atoms with Crippen LogP contribution in [0.2, 0.25) is 0 Å². The highest BCUT2D eigenvalue weighted by Crippen LogP contribution is 2.16. The van der Waals surface area contributed by atoms with Crippen molar-refractivity contribution >= 4 is 24.1 Å². The average molecular weight is 348 g/mol. The van der Waals surface area contributed by atoms with E-state index < -0.39 is 40.5 Å². The number of benzene rings is 1. The highest BCUT2D eigenvalue weighted by atomic mass is 32.3. The second-order valence-electron chi connectivity index (χ2n) is 4.70. The Labute approximate surface area is 129 Å². The van der Waals surface area contributed by atoms with Crippen LogP contribution in [-0.2, 0) is 19.7 Å². The highest BCUT2D eigenvalue weighted by molar-refractivity contribution is 8.31. The maximum atomic E-state index is 12.8. The molecule has 0 saturated heterocycles. The molecular weight excluding hydrogens is 331 g/mol. The van der Waals surface area contributed by atoms with E-state index in [1.807, 2.05) is 6.92 Å². The fourth-order valence-electron chi connectivity index (χ4n) is 1.80. The van der Waals surface area contributed by atoms with Crippen molar-refractivity contribution in [3.63, 3.8) is 0 Å². The molecule has 6 nitrogen and oxygen atoms in total. The molecule has 0 radical (unpaired) electrons. The lowest BCUT2D eigenvalue weighted by molar-refractivity contribution is 0.00380. The Morgan fingerprint density at radius 1 is 1.09 bits per heavy atom. The molecule has 0 unspecified atom stereocenters. The number of nitrogens with zero attached hydrogens (tertiary/aromatic N) is 2. The molecule has 9 heteroatoms. The van der Waals surface area contributed by atoms with Gasteiger partial charge in [-0.25, -0.2) is 21.2 Å². The van der Waals surface area contributed by atoms with Crippen molar-refractivity contribution in [2.75, 3.05) is 5.75 Å². The topological polar surface area (TPSA) is 105 Å². The predicted molar refractivity (Wildman–Crippen MR) is 80.1 cm³/mol. The van der Waals surface area contributed by atoms with E-state index in [0.717, 1.165) is 37.1 Å². The highest BCUT2D eigenvalue weighted by Gasteiger charge is 2.42. The molecule has 0 fully saturated rings. The van der Waals surface area contributed by atoms with E-state index in [9.17, 15) is 21.2 Å². The summed E-state index contributed by atoms with van der Waals surface area (Å²) in [5.41, 5.74) is 8.87. The zero-order chi connectivity index (χ0) is 16.8. The van der Waals surface area contributed by atoms with Crippen LogP contribution < -0.4 is 0 Å². The van der Waals surface area contributed by atoms with Crippen molar-refractivity contribution in [1.82, 2.24) is 0 Å². The summed E-state index contributed by atoms with van der Waals surface area (Å²) in [5.74, 6) is -1.09. The van der Waals surface area contributed by atoms with Gasteiger partial charge in [0, 0.05) is 0 Å². The monoisotopic (exact) mass is 348 g/mol. The van der Waals surface area contributed by atoms with E-state index in [4.69, 9.17) is 5.53 Å². The second kappa shape index (κ2) is 7.62. The number of hydrogen-bond donors (Lipinski definition) is 0. The molecule has 0 aliphatic heterocycles. The lowest BCUT2D eigenvalue weighted by Crippen LogP contribution is -2.28. The smallest absolute Gasteiger partial charge is 0.359 e. The zero-order valence-electron chi connectivity index (χ0n) is 12.1. The van der Waals surface area contributed by atoms with E-state index in [1.165, 1.54) is 0 Å². The first kappa shape index (κ1) is 18.5. The molecule has 1 rings (SSSR count). The molecular formula is C13H17FN2O4S2. The molecule has 0 heterocycles. The van der Waals surface area contributed by atoms with Crippen molar-refractivity contribution in [3.8, 4) is 0 Å². The van der Waals surface area contributed by atoms with Crippen LogP contribution in [0.25, 0.3) is 5.53 Å². The molecule has 1 aromatic rings. The zero-order valence-corrected chi connectivity index (χ0v) is 13.7. The molecule has 0 bridgehead atoms. The molecule has 1 aromatic carbocycles. The first-order valence-corrected chi connectivity index (χ1v) is 9.84. The van der Waals surface area contributed by atoms with Gasteiger partial charge < -0.3 is 5.53 Å². The van der Waals surface area contributed by atoms with Crippen LogP contribution in [0.4, 0.5) is 4.39 Å². The van der Waals surface area contributed by atoms with Crippen molar-refractivity contribution in [2.24, 2.45) is 0 Å². The summed E-state index contributed by atoms with van der Waals surface area (Å²) in [6.45, 7) is 1.95. The van der Waals surface area contributed by atoms with Crippen LogP contribution in [0.15, 0.2) is 29.2 Å². The molecule has 0 saturated carbocycles. The molecule has 0 amide bonds. The molecule has 0 aliphatic carbocycles. The second-order valence-corrected chi connectivity index (χ2v) is 8.85. The van der Waals surface area contributed by atoms with Gasteiger partial charge in [-0.3, -0.25) is 0 Å². The molecule has 22 heavy (non-hydrogen) atoms. The van der Waals surface area contributed by atoms with Crippen molar-refractivity contribution in [1.29, 1.82) is 0 Å². The fraction of sp³-hybridized carbons (Fsp3) is 0.462. The summed E-state index contributed by atoms with van der Waals surface area (Å²) in [6.07, 6.45) is 2.62. The fourth-order valence-corrected chi connectivity index (χ4v) is 5.37. The summed E-state index contributed by atoms with van der Waals surface area (Å²) < 4.78 is 60.1. The number of halogens is 1. The van der Waals surface area contributed by atoms with Gasteiger partial charge in [0.25, 0.3) is 19.7 Å². The molecule has 122 valence electrons. The van der Waals surface area contributed by atoms with Gasteiger partial charge in [-0.1, -0.05) is 26.2 Å². The van der Waals surface area contributed by atoms with Crippen LogP contribution in [0.1, 0.15) is 32.6 Å². The largest absolute Gasteiger partial charge is 0.499 e. The third kappa shape index (κ3) is 4.46. The summed E-state index contributed by atoms with van der Waals surface area (Å²) in [7, 11) is -8.77. The van der Waals surface area contributed by atoms with Gasteiger partial charge in [0.05, 0.1) is 10.6 Å². The third-order valence-corrected chi connectivity index (χ3v) is 7.26. The summed E-state index contributed by atoms with van der Waals surface area (Å²) in [4.78, 5) is 2.03. The van der Waals surface area contributed by atoms with E-state index in [0.29, 0.717) is 6.42 Å². The Kier molecular flexibility index (Phi) is 6.40. The maximum absolute atomic E-state index is 12.8. The molecule has 0 atom stereocenters. The first-order valence-electron chi connectivity index (χ1n) is 6.71. The lowest BCUT2D eigenvalue weighted by atomic mass is 10.2. The van der Waals surface area contributed by atoms with Gasteiger partial charge in [0.1, 0.15) is 5.82 Å². The molecule has 0 N–H and O–H groups in total. The minimum Gasteiger partial charge on any atom is -0.359 e. The summed E-state index contributed by atoms with van der Waals surface area (Å²) in [5, 5.41) is 0. The predicted octanol–water partition coefficient (Wildman–Crippen LogP) is 2.18. The Balaban J connectivity index is 3.09. The van der Waals surface area contributed by atoms with E-state index in [1.54, 1.807) is 0 Å². The molecule has 0 spiro atoms. The lowest BCUT2D eigenvalue weighted by Gasteiger charge is -2.02. The first-order chi connectivity index (χ1) is 10.3. The van der Waals surface area contributed by atoms with Crippen LogP contribution in [0.3, 0.4) is 0 Å². The number of unbranched alkanes of at least 4 members (excludes halogenated alkanes) is 3. The number of sulfone groups is 2. The normalized spacial score (nSPS) is 11.9. The van der Waals surface area contributed by atoms with E-state index in [-0.39, 0.29) is 6.42 Å². The summed E-state index contributed by atoms with van der Waals surface area (Å²) in [6, 6.07) is 3.61. The van der Waals surface area contributed by atoms with Gasteiger partial charge in [0.2, 0.25) is 0 Å². The van der Waals surface area contributed by atoms with Crippen LogP contribution in [-0.4, -0.2) is 31.8 Å².